The molecule has 1 aromatic carbocycles. The number of benzene rings is 1. The van der Waals surface area contributed by atoms with Gasteiger partial charge in [0.25, 0.3) is 0 Å². The first-order valence-corrected chi connectivity index (χ1v) is 4.26. The van der Waals surface area contributed by atoms with Crippen LogP contribution in [0.4, 0.5) is 26.3 Å². The van der Waals surface area contributed by atoms with Gasteiger partial charge in [-0.15, -0.1) is 0 Å². The number of hydrogen-bond acceptors (Lipinski definition) is 2. The highest BCUT2D eigenvalue weighted by molar-refractivity contribution is 5.31. The number of hydrogen-bond donors (Lipinski definition) is 2. The molecule has 0 saturated carbocycles. The molecule has 0 aromatic heterocycles. The topological polar surface area (TPSA) is 46.2 Å². The van der Waals surface area contributed by atoms with E-state index in [1.807, 2.05) is 0 Å². The Balaban J connectivity index is 3.12. The summed E-state index contributed by atoms with van der Waals surface area (Å²) in [5.74, 6) is -7.37. The first kappa shape index (κ1) is 13.6. The van der Waals surface area contributed by atoms with Gasteiger partial charge in [0.15, 0.2) is 11.6 Å². The number of nitrogens with two attached hydrogens (primary N) is 1. The Morgan fingerprint density at radius 2 is 1.65 bits per heavy atom. The van der Waals surface area contributed by atoms with Crippen LogP contribution in [0.15, 0.2) is 18.2 Å². The molecule has 3 N–H and O–H groups in total. The lowest BCUT2D eigenvalue weighted by Gasteiger charge is -2.25. The third-order valence-electron chi connectivity index (χ3n) is 2.10. The third kappa shape index (κ3) is 2.46. The Morgan fingerprint density at radius 3 is 2.06 bits per heavy atom. The van der Waals surface area contributed by atoms with Crippen LogP contribution in [0.1, 0.15) is 11.6 Å². The van der Waals surface area contributed by atoms with Crippen LogP contribution in [0.3, 0.4) is 0 Å². The van der Waals surface area contributed by atoms with Crippen molar-refractivity contribution in [2.75, 3.05) is 0 Å². The first-order valence-electron chi connectivity index (χ1n) is 4.26. The molecule has 0 saturated heterocycles. The molecule has 1 aromatic rings. The maximum Gasteiger partial charge on any atom is 0.455 e. The van der Waals surface area contributed by atoms with Crippen molar-refractivity contribution in [2.24, 2.45) is 5.73 Å². The molecule has 0 bridgehead atoms. The summed E-state index contributed by atoms with van der Waals surface area (Å²) in [6.07, 6.45) is -5.83. The highest BCUT2D eigenvalue weighted by Crippen LogP contribution is 2.43. The number of rotatable bonds is 2. The molecule has 0 aliphatic carbocycles. The van der Waals surface area contributed by atoms with Crippen molar-refractivity contribution in [1.82, 2.24) is 0 Å². The molecule has 2 nitrogen and oxygen atoms in total. The lowest BCUT2D eigenvalue weighted by Crippen LogP contribution is -2.45. The maximum atomic E-state index is 12.8. The monoisotopic (exact) mass is 259 g/mol. The van der Waals surface area contributed by atoms with E-state index in [9.17, 15) is 26.3 Å². The predicted molar refractivity (Wildman–Crippen MR) is 46.0 cm³/mol. The van der Waals surface area contributed by atoms with E-state index in [4.69, 9.17) is 10.8 Å². The van der Waals surface area contributed by atoms with Crippen LogP contribution in [-0.2, 0) is 0 Å². The summed E-state index contributed by atoms with van der Waals surface area (Å²) in [6.45, 7) is 0. The van der Waals surface area contributed by atoms with Gasteiger partial charge in [0.2, 0.25) is 0 Å². The molecule has 0 aliphatic rings. The van der Waals surface area contributed by atoms with E-state index in [0.717, 1.165) is 0 Å². The van der Waals surface area contributed by atoms with Crippen LogP contribution in [-0.4, -0.2) is 17.2 Å². The van der Waals surface area contributed by atoms with Crippen LogP contribution in [0, 0.1) is 5.82 Å². The summed E-state index contributed by atoms with van der Waals surface area (Å²) in [5.41, 5.74) is 4.00. The van der Waals surface area contributed by atoms with Gasteiger partial charge < -0.3 is 10.8 Å². The van der Waals surface area contributed by atoms with Crippen molar-refractivity contribution in [3.63, 3.8) is 0 Å². The molecule has 8 heteroatoms. The van der Waals surface area contributed by atoms with Gasteiger partial charge in [-0.1, -0.05) is 6.07 Å². The summed E-state index contributed by atoms with van der Waals surface area (Å²) < 4.78 is 74.3. The normalized spacial score (nSPS) is 14.8. The molecular weight excluding hydrogens is 252 g/mol. The molecule has 0 amide bonds. The quantitative estimate of drug-likeness (QED) is 0.802. The van der Waals surface area contributed by atoms with Gasteiger partial charge in [0.05, 0.1) is 0 Å². The summed E-state index contributed by atoms with van der Waals surface area (Å²) >= 11 is 0. The second kappa shape index (κ2) is 4.10. The van der Waals surface area contributed by atoms with Crippen molar-refractivity contribution in [1.29, 1.82) is 0 Å². The zero-order valence-corrected chi connectivity index (χ0v) is 8.10. The number of phenols is 1. The van der Waals surface area contributed by atoms with E-state index in [-0.39, 0.29) is 0 Å². The van der Waals surface area contributed by atoms with Crippen molar-refractivity contribution < 1.29 is 31.4 Å². The largest absolute Gasteiger partial charge is 0.505 e. The van der Waals surface area contributed by atoms with E-state index >= 15 is 0 Å². The minimum atomic E-state index is -5.83. The van der Waals surface area contributed by atoms with Crippen LogP contribution < -0.4 is 5.73 Å². The second-order valence-electron chi connectivity index (χ2n) is 3.31. The fraction of sp³-hybridized carbons (Fsp3) is 0.333. The smallest absolute Gasteiger partial charge is 0.455 e. The average molecular weight is 259 g/mol. The number of phenolic OH excluding ortho intramolecular Hbond substituents is 1. The molecule has 1 atom stereocenters. The van der Waals surface area contributed by atoms with Crippen LogP contribution in [0.25, 0.3) is 0 Å². The van der Waals surface area contributed by atoms with Crippen molar-refractivity contribution in [3.05, 3.63) is 29.6 Å². The lowest BCUT2D eigenvalue weighted by molar-refractivity contribution is -0.291. The zero-order chi connectivity index (χ0) is 13.4. The molecule has 1 rings (SSSR count). The Bertz CT molecular complexity index is 416. The zero-order valence-electron chi connectivity index (χ0n) is 8.10. The molecule has 0 heterocycles. The van der Waals surface area contributed by atoms with E-state index in [2.05, 4.69) is 0 Å². The molecule has 0 fully saturated rings. The van der Waals surface area contributed by atoms with Gasteiger partial charge in [0, 0.05) is 0 Å². The number of alkyl halides is 5. The molecule has 0 aliphatic heterocycles. The van der Waals surface area contributed by atoms with Gasteiger partial charge >= 0.3 is 12.1 Å². The fourth-order valence-electron chi connectivity index (χ4n) is 1.10. The van der Waals surface area contributed by atoms with E-state index in [1.165, 1.54) is 0 Å². The Labute approximate surface area is 91.7 Å². The van der Waals surface area contributed by atoms with Crippen molar-refractivity contribution in [2.45, 2.75) is 18.1 Å². The van der Waals surface area contributed by atoms with Crippen LogP contribution in [0.2, 0.25) is 0 Å². The predicted octanol–water partition coefficient (Wildman–Crippen LogP) is 2.73. The molecule has 0 unspecified atom stereocenters. The number of aromatic hydroxyl groups is 1. The minimum absolute atomic E-state index is 0.333. The molecule has 96 valence electrons. The summed E-state index contributed by atoms with van der Waals surface area (Å²) in [4.78, 5) is 0. The SMILES string of the molecule is N[C@@H](c1ccc(O)c(F)c1)C(F)(F)C(F)(F)F. The average Bonchev–Trinajstić information content (AvgIpc) is 2.19. The van der Waals surface area contributed by atoms with Crippen LogP contribution >= 0.6 is 0 Å². The highest BCUT2D eigenvalue weighted by Gasteiger charge is 2.61. The third-order valence-corrected chi connectivity index (χ3v) is 2.10. The lowest BCUT2D eigenvalue weighted by atomic mass is 10.0. The fourth-order valence-corrected chi connectivity index (χ4v) is 1.10. The summed E-state index contributed by atoms with van der Waals surface area (Å²) in [7, 11) is 0. The molecule has 0 radical (unpaired) electrons. The van der Waals surface area contributed by atoms with Gasteiger partial charge in [-0.25, -0.2) is 4.39 Å². The summed E-state index contributed by atoms with van der Waals surface area (Å²) in [5, 5.41) is 8.76. The standard InChI is InChI=1S/C9H7F6NO/c10-5-3-4(1-2-6(5)17)7(16)8(11,12)9(13,14)15/h1-3,7,17H,16H2/t7-/m0/s1. The van der Waals surface area contributed by atoms with Crippen molar-refractivity contribution in [3.8, 4) is 5.75 Å². The second-order valence-corrected chi connectivity index (χ2v) is 3.31. The van der Waals surface area contributed by atoms with Crippen LogP contribution in [0.5, 0.6) is 5.75 Å². The van der Waals surface area contributed by atoms with Crippen molar-refractivity contribution >= 4 is 0 Å². The Kier molecular flexibility index (Phi) is 3.28. The molecule has 17 heavy (non-hydrogen) atoms. The van der Waals surface area contributed by atoms with E-state index in [0.29, 0.717) is 18.2 Å². The Morgan fingerprint density at radius 1 is 1.12 bits per heavy atom. The van der Waals surface area contributed by atoms with E-state index < -0.39 is 35.3 Å². The highest BCUT2D eigenvalue weighted by atomic mass is 19.4. The van der Waals surface area contributed by atoms with Gasteiger partial charge in [-0.2, -0.15) is 22.0 Å². The molecular formula is C9H7F6NO. The Hall–Kier alpha value is -1.44. The van der Waals surface area contributed by atoms with Gasteiger partial charge in [0.1, 0.15) is 6.04 Å². The summed E-state index contributed by atoms with van der Waals surface area (Å²) in [6, 6.07) is -1.06. The maximum absolute atomic E-state index is 12.8. The van der Waals surface area contributed by atoms with Gasteiger partial charge in [-0.05, 0) is 17.7 Å². The molecule has 0 spiro atoms. The first-order chi connectivity index (χ1) is 7.57. The number of halogens is 6. The van der Waals surface area contributed by atoms with E-state index in [1.54, 1.807) is 0 Å². The van der Waals surface area contributed by atoms with Gasteiger partial charge in [-0.3, -0.25) is 0 Å². The minimum Gasteiger partial charge on any atom is -0.505 e.